The summed E-state index contributed by atoms with van der Waals surface area (Å²) in [4.78, 5) is 37.4. The van der Waals surface area contributed by atoms with Gasteiger partial charge in [-0.15, -0.1) is 0 Å². The number of hydrogen-bond donors (Lipinski definition) is 1. The molecule has 1 N–H and O–H groups in total. The molecule has 7 nitrogen and oxygen atoms in total. The Hall–Kier alpha value is -2.57. The van der Waals surface area contributed by atoms with Gasteiger partial charge in [0.15, 0.2) is 5.78 Å². The molecule has 2 fully saturated rings. The van der Waals surface area contributed by atoms with Gasteiger partial charge in [0.05, 0.1) is 20.2 Å². The van der Waals surface area contributed by atoms with E-state index < -0.39 is 0 Å². The van der Waals surface area contributed by atoms with Crippen molar-refractivity contribution in [1.29, 1.82) is 0 Å². The number of ether oxygens (including phenoxy) is 2. The van der Waals surface area contributed by atoms with Crippen molar-refractivity contribution >= 4 is 17.8 Å². The van der Waals surface area contributed by atoms with Crippen LogP contribution in [-0.4, -0.2) is 55.0 Å². The third kappa shape index (κ3) is 4.49. The third-order valence-electron chi connectivity index (χ3n) is 4.41. The van der Waals surface area contributed by atoms with Crippen molar-refractivity contribution in [3.05, 3.63) is 29.8 Å². The van der Waals surface area contributed by atoms with E-state index in [1.807, 2.05) is 0 Å². The quantitative estimate of drug-likeness (QED) is 0.725. The molecule has 1 saturated heterocycles. The number of hydrogen-bond acceptors (Lipinski definition) is 5. The van der Waals surface area contributed by atoms with E-state index in [-0.39, 0.29) is 43.3 Å². The summed E-state index contributed by atoms with van der Waals surface area (Å²) in [5, 5.41) is 2.74. The number of carbonyl (C=O) groups is 3. The highest BCUT2D eigenvalue weighted by atomic mass is 16.6. The highest BCUT2D eigenvalue weighted by molar-refractivity contribution is 5.98. The Morgan fingerprint density at radius 1 is 1.24 bits per heavy atom. The summed E-state index contributed by atoms with van der Waals surface area (Å²) in [5.41, 5.74) is 0.554. The molecule has 1 unspecified atom stereocenters. The number of nitrogens with zero attached hydrogens (tertiary/aromatic N) is 1. The minimum atomic E-state index is -0.311. The predicted molar refractivity (Wildman–Crippen MR) is 89.6 cm³/mol. The van der Waals surface area contributed by atoms with Crippen molar-refractivity contribution in [1.82, 2.24) is 10.2 Å². The van der Waals surface area contributed by atoms with E-state index in [1.165, 1.54) is 0 Å². The second-order valence-corrected chi connectivity index (χ2v) is 6.35. The molecule has 134 valence electrons. The summed E-state index contributed by atoms with van der Waals surface area (Å²) < 4.78 is 10.3. The Morgan fingerprint density at radius 2 is 1.96 bits per heavy atom. The van der Waals surface area contributed by atoms with Crippen molar-refractivity contribution in [2.24, 2.45) is 0 Å². The second-order valence-electron chi connectivity index (χ2n) is 6.35. The van der Waals surface area contributed by atoms with Gasteiger partial charge in [-0.2, -0.15) is 0 Å². The van der Waals surface area contributed by atoms with Gasteiger partial charge in [-0.25, -0.2) is 4.79 Å². The van der Waals surface area contributed by atoms with E-state index in [1.54, 1.807) is 36.3 Å². The molecule has 25 heavy (non-hydrogen) atoms. The van der Waals surface area contributed by atoms with Gasteiger partial charge < -0.3 is 19.7 Å². The number of cyclic esters (lactones) is 1. The first-order valence-electron chi connectivity index (χ1n) is 8.48. The lowest BCUT2D eigenvalue weighted by molar-refractivity contribution is -0.121. The van der Waals surface area contributed by atoms with E-state index in [0.717, 1.165) is 12.8 Å². The SMILES string of the molecule is COc1ccc(C(=O)CCC(=O)NCC2CN(C3CC3)C(=O)O2)cc1. The molecule has 1 atom stereocenters. The molecule has 0 spiro atoms. The van der Waals surface area contributed by atoms with E-state index in [4.69, 9.17) is 9.47 Å². The Labute approximate surface area is 146 Å². The molecule has 3 rings (SSSR count). The zero-order valence-corrected chi connectivity index (χ0v) is 14.2. The monoisotopic (exact) mass is 346 g/mol. The summed E-state index contributed by atoms with van der Waals surface area (Å²) >= 11 is 0. The van der Waals surface area contributed by atoms with Crippen LogP contribution in [0, 0.1) is 0 Å². The first kappa shape index (κ1) is 17.3. The maximum Gasteiger partial charge on any atom is 0.410 e. The fraction of sp³-hybridized carbons (Fsp3) is 0.500. The Balaban J connectivity index is 1.37. The van der Waals surface area contributed by atoms with Gasteiger partial charge in [0, 0.05) is 24.4 Å². The van der Waals surface area contributed by atoms with Gasteiger partial charge in [0.1, 0.15) is 11.9 Å². The molecule has 7 heteroatoms. The molecule has 2 aliphatic rings. The van der Waals surface area contributed by atoms with E-state index in [0.29, 0.717) is 23.9 Å². The maximum absolute atomic E-state index is 12.1. The second kappa shape index (κ2) is 7.55. The van der Waals surface area contributed by atoms with Gasteiger partial charge >= 0.3 is 6.09 Å². The van der Waals surface area contributed by atoms with Crippen LogP contribution in [0.2, 0.25) is 0 Å². The number of carbonyl (C=O) groups excluding carboxylic acids is 3. The number of methoxy groups -OCH3 is 1. The number of Topliss-reactive ketones (excluding diaryl/α,β-unsaturated/α-hetero) is 1. The van der Waals surface area contributed by atoms with Crippen molar-refractivity contribution < 1.29 is 23.9 Å². The summed E-state index contributed by atoms with van der Waals surface area (Å²) in [6.07, 6.45) is 1.70. The number of rotatable bonds is 8. The van der Waals surface area contributed by atoms with Crippen LogP contribution in [0.25, 0.3) is 0 Å². The number of benzene rings is 1. The first-order valence-corrected chi connectivity index (χ1v) is 8.48. The highest BCUT2D eigenvalue weighted by Crippen LogP contribution is 2.30. The van der Waals surface area contributed by atoms with Crippen molar-refractivity contribution in [2.75, 3.05) is 20.2 Å². The van der Waals surface area contributed by atoms with Gasteiger partial charge in [0.2, 0.25) is 5.91 Å². The molecular weight excluding hydrogens is 324 g/mol. The number of amides is 2. The molecular formula is C18H22N2O5. The van der Waals surface area contributed by atoms with Gasteiger partial charge in [-0.3, -0.25) is 9.59 Å². The average Bonchev–Trinajstić information content (AvgIpc) is 3.40. The smallest absolute Gasteiger partial charge is 0.410 e. The minimum absolute atomic E-state index is 0.0926. The van der Waals surface area contributed by atoms with Gasteiger partial charge in [-0.1, -0.05) is 0 Å². The number of nitrogens with one attached hydrogen (secondary N) is 1. The van der Waals surface area contributed by atoms with E-state index >= 15 is 0 Å². The normalized spacial score (nSPS) is 19.5. The predicted octanol–water partition coefficient (Wildman–Crippen LogP) is 1.76. The van der Waals surface area contributed by atoms with Gasteiger partial charge in [-0.05, 0) is 37.1 Å². The topological polar surface area (TPSA) is 84.9 Å². The van der Waals surface area contributed by atoms with Crippen LogP contribution in [0.5, 0.6) is 5.75 Å². The van der Waals surface area contributed by atoms with E-state index in [2.05, 4.69) is 5.32 Å². The minimum Gasteiger partial charge on any atom is -0.497 e. The largest absolute Gasteiger partial charge is 0.497 e. The lowest BCUT2D eigenvalue weighted by Crippen LogP contribution is -2.35. The van der Waals surface area contributed by atoms with Crippen LogP contribution >= 0.6 is 0 Å². The molecule has 1 aromatic carbocycles. The molecule has 1 aliphatic heterocycles. The average molecular weight is 346 g/mol. The molecule has 1 heterocycles. The molecule has 0 aromatic heterocycles. The Bertz CT molecular complexity index is 654. The van der Waals surface area contributed by atoms with Crippen molar-refractivity contribution in [3.8, 4) is 5.75 Å². The van der Waals surface area contributed by atoms with Crippen LogP contribution in [0.1, 0.15) is 36.0 Å². The highest BCUT2D eigenvalue weighted by Gasteiger charge is 2.40. The van der Waals surface area contributed by atoms with E-state index in [9.17, 15) is 14.4 Å². The molecule has 0 radical (unpaired) electrons. The van der Waals surface area contributed by atoms with Crippen LogP contribution in [0.3, 0.4) is 0 Å². The lowest BCUT2D eigenvalue weighted by atomic mass is 10.1. The Kier molecular flexibility index (Phi) is 5.21. The van der Waals surface area contributed by atoms with Gasteiger partial charge in [0.25, 0.3) is 0 Å². The molecule has 1 aliphatic carbocycles. The summed E-state index contributed by atoms with van der Waals surface area (Å²) in [6.45, 7) is 0.805. The fourth-order valence-corrected chi connectivity index (χ4v) is 2.80. The molecule has 1 saturated carbocycles. The van der Waals surface area contributed by atoms with Crippen LogP contribution in [-0.2, 0) is 9.53 Å². The third-order valence-corrected chi connectivity index (χ3v) is 4.41. The maximum atomic E-state index is 12.1. The number of ketones is 1. The summed E-state index contributed by atoms with van der Waals surface area (Å²) in [6, 6.07) is 7.11. The zero-order valence-electron chi connectivity index (χ0n) is 14.2. The zero-order chi connectivity index (χ0) is 17.8. The molecule has 2 amide bonds. The summed E-state index contributed by atoms with van der Waals surface area (Å²) in [7, 11) is 1.56. The van der Waals surface area contributed by atoms with Crippen LogP contribution < -0.4 is 10.1 Å². The first-order chi connectivity index (χ1) is 12.1. The van der Waals surface area contributed by atoms with Crippen molar-refractivity contribution in [2.45, 2.75) is 37.8 Å². The molecule has 1 aromatic rings. The molecule has 0 bridgehead atoms. The van der Waals surface area contributed by atoms with Crippen molar-refractivity contribution in [3.63, 3.8) is 0 Å². The lowest BCUT2D eigenvalue weighted by Gasteiger charge is -2.11. The van der Waals surface area contributed by atoms with Crippen LogP contribution in [0.4, 0.5) is 4.79 Å². The summed E-state index contributed by atoms with van der Waals surface area (Å²) in [5.74, 6) is 0.369. The Morgan fingerprint density at radius 3 is 2.60 bits per heavy atom. The van der Waals surface area contributed by atoms with Crippen LogP contribution in [0.15, 0.2) is 24.3 Å². The fourth-order valence-electron chi connectivity index (χ4n) is 2.80. The standard InChI is InChI=1S/C18H22N2O5/c1-24-14-6-2-12(3-7-14)16(21)8-9-17(22)19-10-15-11-20(13-4-5-13)18(23)25-15/h2-3,6-7,13,15H,4-5,8-11H2,1H3,(H,19,22).